The monoisotopic (exact) mass is 536 g/mol. The number of nitrogens with one attached hydrogen (secondary N) is 2. The number of H-pyrrole nitrogens is 1. The summed E-state index contributed by atoms with van der Waals surface area (Å²) in [4.78, 5) is 31.3. The number of aromatic nitrogens is 6. The lowest BCUT2D eigenvalue weighted by atomic mass is 9.79. The Balaban J connectivity index is 1.61. The van der Waals surface area contributed by atoms with Crippen LogP contribution < -0.4 is 16.0 Å². The maximum atomic E-state index is 11.7. The maximum Gasteiger partial charge on any atom is 0.439 e. The van der Waals surface area contributed by atoms with Crippen LogP contribution in [0.15, 0.2) is 33.8 Å². The Kier molecular flexibility index (Phi) is 6.69. The summed E-state index contributed by atoms with van der Waals surface area (Å²) in [5.74, 6) is 1.89. The summed E-state index contributed by atoms with van der Waals surface area (Å²) in [6.07, 6.45) is 8.25. The number of hydrogen-bond donors (Lipinski definition) is 2. The molecule has 200 valence electrons. The van der Waals surface area contributed by atoms with Crippen LogP contribution in [0.25, 0.3) is 33.8 Å². The van der Waals surface area contributed by atoms with E-state index >= 15 is 0 Å². The van der Waals surface area contributed by atoms with Gasteiger partial charge in [-0.15, -0.1) is 0 Å². The molecule has 11 heteroatoms. The van der Waals surface area contributed by atoms with Crippen molar-refractivity contribution in [2.24, 2.45) is 11.8 Å². The fraction of sp³-hybridized carbons (Fsp3) is 0.519. The molecule has 1 unspecified atom stereocenters. The van der Waals surface area contributed by atoms with Gasteiger partial charge in [0, 0.05) is 49.7 Å². The van der Waals surface area contributed by atoms with E-state index in [1.165, 1.54) is 25.7 Å². The molecule has 5 heterocycles. The first-order chi connectivity index (χ1) is 18.4. The zero-order valence-corrected chi connectivity index (χ0v) is 22.7. The van der Waals surface area contributed by atoms with Gasteiger partial charge in [-0.05, 0) is 50.7 Å². The molecule has 4 aromatic heterocycles. The first-order valence-corrected chi connectivity index (χ1v) is 13.8. The molecular formula is C27H33ClN8O2. The lowest BCUT2D eigenvalue weighted by Crippen LogP contribution is -2.51. The minimum Gasteiger partial charge on any atom is -0.337 e. The standard InChI is InChI=1S/C27H33ClN8O2/c1-15-4-6-18(7-5-15)17(3)36-24-21(32-26(36)35-9-8-29-12-16(35)2)11-22(25-33-27(37)38-34-25)31-23(24)19-10-20(28)14-30-13-19/h10-11,13-18,29H,4-9,12H2,1-3H3,(H,33,34,37)/t15-,16-,17?,18-/m1/s1. The van der Waals surface area contributed by atoms with Crippen molar-refractivity contribution in [1.29, 1.82) is 0 Å². The number of nitrogens with zero attached hydrogens (tertiary/aromatic N) is 6. The molecule has 10 nitrogen and oxygen atoms in total. The normalized spacial score (nSPS) is 23.2. The summed E-state index contributed by atoms with van der Waals surface area (Å²) in [6, 6.07) is 4.25. The van der Waals surface area contributed by atoms with Crippen LogP contribution in [0.5, 0.6) is 0 Å². The Bertz CT molecular complexity index is 1500. The second-order valence-corrected chi connectivity index (χ2v) is 11.3. The predicted molar refractivity (Wildman–Crippen MR) is 147 cm³/mol. The molecular weight excluding hydrogens is 504 g/mol. The van der Waals surface area contributed by atoms with E-state index in [1.54, 1.807) is 12.4 Å². The van der Waals surface area contributed by atoms with E-state index in [4.69, 9.17) is 26.1 Å². The molecule has 1 saturated heterocycles. The van der Waals surface area contributed by atoms with Crippen LogP contribution in [0.1, 0.15) is 52.5 Å². The topological polar surface area (TPSA) is 118 Å². The van der Waals surface area contributed by atoms with Crippen molar-refractivity contribution in [3.8, 4) is 22.8 Å². The van der Waals surface area contributed by atoms with Crippen molar-refractivity contribution < 1.29 is 4.52 Å². The third kappa shape index (κ3) is 4.60. The van der Waals surface area contributed by atoms with E-state index in [2.05, 4.69) is 50.7 Å². The molecule has 1 aliphatic heterocycles. The number of halogens is 1. The Morgan fingerprint density at radius 1 is 1.13 bits per heavy atom. The molecule has 4 aromatic rings. The maximum absolute atomic E-state index is 11.7. The molecule has 0 amide bonds. The van der Waals surface area contributed by atoms with Gasteiger partial charge in [-0.3, -0.25) is 14.5 Å². The summed E-state index contributed by atoms with van der Waals surface area (Å²) < 4.78 is 7.18. The first kappa shape index (κ1) is 25.1. The minimum atomic E-state index is -0.631. The van der Waals surface area contributed by atoms with Crippen LogP contribution in [0.2, 0.25) is 5.02 Å². The summed E-state index contributed by atoms with van der Waals surface area (Å²) >= 11 is 6.39. The molecule has 0 bridgehead atoms. The molecule has 0 radical (unpaired) electrons. The molecule has 0 spiro atoms. The number of fused-ring (bicyclic) bond motifs is 1. The van der Waals surface area contributed by atoms with Gasteiger partial charge in [-0.1, -0.05) is 36.5 Å². The number of piperazine rings is 1. The highest BCUT2D eigenvalue weighted by molar-refractivity contribution is 6.30. The van der Waals surface area contributed by atoms with Crippen LogP contribution in [-0.2, 0) is 0 Å². The van der Waals surface area contributed by atoms with Gasteiger partial charge in [0.1, 0.15) is 5.69 Å². The van der Waals surface area contributed by atoms with Gasteiger partial charge in [0.15, 0.2) is 0 Å². The van der Waals surface area contributed by atoms with E-state index in [0.29, 0.717) is 22.3 Å². The van der Waals surface area contributed by atoms with E-state index in [-0.39, 0.29) is 17.9 Å². The van der Waals surface area contributed by atoms with Gasteiger partial charge >= 0.3 is 5.76 Å². The van der Waals surface area contributed by atoms with Gasteiger partial charge in [-0.2, -0.15) is 0 Å². The number of hydrogen-bond acceptors (Lipinski definition) is 8. The summed E-state index contributed by atoms with van der Waals surface area (Å²) in [7, 11) is 0. The van der Waals surface area contributed by atoms with Crippen LogP contribution in [0.4, 0.5) is 5.95 Å². The number of aromatic amines is 1. The van der Waals surface area contributed by atoms with Gasteiger partial charge in [-0.25, -0.2) is 14.8 Å². The van der Waals surface area contributed by atoms with Crippen molar-refractivity contribution in [1.82, 2.24) is 35.0 Å². The van der Waals surface area contributed by atoms with Gasteiger partial charge < -0.3 is 14.8 Å². The van der Waals surface area contributed by atoms with Crippen molar-refractivity contribution in [3.05, 3.63) is 40.1 Å². The van der Waals surface area contributed by atoms with Crippen molar-refractivity contribution in [2.75, 3.05) is 24.5 Å². The molecule has 0 aromatic carbocycles. The van der Waals surface area contributed by atoms with E-state index in [1.807, 2.05) is 12.1 Å². The van der Waals surface area contributed by atoms with E-state index in [9.17, 15) is 4.79 Å². The minimum absolute atomic E-state index is 0.218. The SMILES string of the molecule is CC([C@H]1CC[C@H](C)CC1)n1c(N2CCNC[C@H]2C)nc2cc(-c3noc(=O)[nH]3)nc(-c3cncc(Cl)c3)c21. The van der Waals surface area contributed by atoms with Crippen LogP contribution in [0.3, 0.4) is 0 Å². The Hall–Kier alpha value is -3.24. The molecule has 2 aliphatic rings. The smallest absolute Gasteiger partial charge is 0.337 e. The lowest BCUT2D eigenvalue weighted by Gasteiger charge is -2.38. The van der Waals surface area contributed by atoms with E-state index in [0.717, 1.165) is 48.1 Å². The average molecular weight is 537 g/mol. The van der Waals surface area contributed by atoms with Gasteiger partial charge in [0.05, 0.1) is 21.7 Å². The fourth-order valence-corrected chi connectivity index (χ4v) is 6.19. The van der Waals surface area contributed by atoms with Crippen LogP contribution in [0, 0.1) is 11.8 Å². The summed E-state index contributed by atoms with van der Waals surface area (Å²) in [6.45, 7) is 9.57. The first-order valence-electron chi connectivity index (χ1n) is 13.5. The largest absolute Gasteiger partial charge is 0.439 e. The average Bonchev–Trinajstić information content (AvgIpc) is 3.52. The predicted octanol–water partition coefficient (Wildman–Crippen LogP) is 4.68. The highest BCUT2D eigenvalue weighted by atomic mass is 35.5. The Morgan fingerprint density at radius 2 is 1.95 bits per heavy atom. The summed E-state index contributed by atoms with van der Waals surface area (Å²) in [5.41, 5.74) is 3.68. The molecule has 2 fully saturated rings. The zero-order valence-electron chi connectivity index (χ0n) is 21.9. The molecule has 2 N–H and O–H groups in total. The Labute approximate surface area is 225 Å². The van der Waals surface area contributed by atoms with Crippen molar-refractivity contribution in [2.45, 2.75) is 58.5 Å². The van der Waals surface area contributed by atoms with Crippen LogP contribution >= 0.6 is 11.6 Å². The Morgan fingerprint density at radius 3 is 2.66 bits per heavy atom. The quantitative estimate of drug-likeness (QED) is 0.377. The molecule has 38 heavy (non-hydrogen) atoms. The second-order valence-electron chi connectivity index (χ2n) is 10.8. The molecule has 1 saturated carbocycles. The molecule has 2 atom stereocenters. The van der Waals surface area contributed by atoms with Crippen molar-refractivity contribution in [3.63, 3.8) is 0 Å². The number of pyridine rings is 2. The lowest BCUT2D eigenvalue weighted by molar-refractivity contribution is 0.227. The zero-order chi connectivity index (χ0) is 26.4. The second kappa shape index (κ2) is 10.1. The third-order valence-corrected chi connectivity index (χ3v) is 8.43. The van der Waals surface area contributed by atoms with Gasteiger partial charge in [0.25, 0.3) is 0 Å². The highest BCUT2D eigenvalue weighted by Crippen LogP contribution is 2.42. The number of imidazole rings is 1. The fourth-order valence-electron chi connectivity index (χ4n) is 6.02. The number of rotatable bonds is 5. The van der Waals surface area contributed by atoms with Crippen molar-refractivity contribution >= 4 is 28.6 Å². The number of anilines is 1. The highest BCUT2D eigenvalue weighted by Gasteiger charge is 2.32. The van der Waals surface area contributed by atoms with Gasteiger partial charge in [0.2, 0.25) is 11.8 Å². The third-order valence-electron chi connectivity index (χ3n) is 8.22. The van der Waals surface area contributed by atoms with E-state index < -0.39 is 5.76 Å². The molecule has 1 aliphatic carbocycles. The van der Waals surface area contributed by atoms with Crippen LogP contribution in [-0.4, -0.2) is 55.3 Å². The summed E-state index contributed by atoms with van der Waals surface area (Å²) in [5, 5.41) is 7.91. The molecule has 6 rings (SSSR count).